The van der Waals surface area contributed by atoms with E-state index in [9.17, 15) is 23.6 Å². The average Bonchev–Trinajstić information content (AvgIpc) is 2.83. The van der Waals surface area contributed by atoms with Gasteiger partial charge in [0.25, 0.3) is 0 Å². The molecule has 186 valence electrons. The number of amides is 4. The molecule has 0 bridgehead atoms. The summed E-state index contributed by atoms with van der Waals surface area (Å²) < 4.78 is 13.2. The molecule has 1 fully saturated rings. The Morgan fingerprint density at radius 2 is 1.83 bits per heavy atom. The first-order valence-electron chi connectivity index (χ1n) is 11.7. The molecule has 3 N–H and O–H groups in total. The Morgan fingerprint density at radius 3 is 2.51 bits per heavy atom. The molecule has 3 rings (SSSR count). The predicted molar refractivity (Wildman–Crippen MR) is 130 cm³/mol. The van der Waals surface area contributed by atoms with Crippen molar-refractivity contribution >= 4 is 29.3 Å². The van der Waals surface area contributed by atoms with Crippen molar-refractivity contribution in [1.82, 2.24) is 15.5 Å². The van der Waals surface area contributed by atoms with Gasteiger partial charge < -0.3 is 20.9 Å². The number of nitrogens with one attached hydrogen (secondary N) is 3. The number of benzene rings is 2. The summed E-state index contributed by atoms with van der Waals surface area (Å²) in [6.45, 7) is 3.76. The predicted octanol–water partition coefficient (Wildman–Crippen LogP) is 3.14. The van der Waals surface area contributed by atoms with Gasteiger partial charge in [-0.3, -0.25) is 14.4 Å². The van der Waals surface area contributed by atoms with Gasteiger partial charge in [0.15, 0.2) is 5.78 Å². The Bertz CT molecular complexity index is 1070. The fourth-order valence-corrected chi connectivity index (χ4v) is 4.24. The molecule has 0 saturated carbocycles. The monoisotopic (exact) mass is 482 g/mol. The zero-order chi connectivity index (χ0) is 25.4. The van der Waals surface area contributed by atoms with Gasteiger partial charge in [-0.05, 0) is 61.9 Å². The highest BCUT2D eigenvalue weighted by Crippen LogP contribution is 2.22. The number of halogens is 1. The molecular formula is C26H31FN4O4. The van der Waals surface area contributed by atoms with Crippen LogP contribution in [0.5, 0.6) is 0 Å². The zero-order valence-electron chi connectivity index (χ0n) is 20.0. The highest BCUT2D eigenvalue weighted by Gasteiger charge is 2.30. The van der Waals surface area contributed by atoms with E-state index in [2.05, 4.69) is 16.0 Å². The molecular weight excluding hydrogens is 451 g/mol. The van der Waals surface area contributed by atoms with E-state index in [1.807, 2.05) is 0 Å². The molecule has 4 amide bonds. The number of hydrogen-bond donors (Lipinski definition) is 3. The van der Waals surface area contributed by atoms with Crippen LogP contribution in [0.15, 0.2) is 48.5 Å². The minimum atomic E-state index is -0.911. The molecule has 1 heterocycles. The number of anilines is 1. The lowest BCUT2D eigenvalue weighted by molar-refractivity contribution is -0.137. The van der Waals surface area contributed by atoms with Crippen LogP contribution in [0.1, 0.15) is 42.6 Å². The van der Waals surface area contributed by atoms with E-state index in [-0.39, 0.29) is 35.9 Å². The normalized spacial score (nSPS) is 16.2. The van der Waals surface area contributed by atoms with Gasteiger partial charge in [0.1, 0.15) is 11.9 Å². The van der Waals surface area contributed by atoms with E-state index in [4.69, 9.17) is 0 Å². The van der Waals surface area contributed by atoms with Crippen molar-refractivity contribution < 1.29 is 23.6 Å². The molecule has 0 spiro atoms. The fourth-order valence-electron chi connectivity index (χ4n) is 4.24. The van der Waals surface area contributed by atoms with Gasteiger partial charge in [-0.25, -0.2) is 9.18 Å². The summed E-state index contributed by atoms with van der Waals surface area (Å²) in [4.78, 5) is 50.6. The number of hydrogen-bond acceptors (Lipinski definition) is 4. The fraction of sp³-hybridized carbons (Fsp3) is 0.385. The lowest BCUT2D eigenvalue weighted by Gasteiger charge is -2.35. The van der Waals surface area contributed by atoms with Crippen LogP contribution in [-0.2, 0) is 16.0 Å². The summed E-state index contributed by atoms with van der Waals surface area (Å²) in [5.74, 6) is -0.816. The average molecular weight is 483 g/mol. The third kappa shape index (κ3) is 7.91. The van der Waals surface area contributed by atoms with Gasteiger partial charge in [0.2, 0.25) is 11.8 Å². The smallest absolute Gasteiger partial charge is 0.319 e. The van der Waals surface area contributed by atoms with E-state index >= 15 is 0 Å². The van der Waals surface area contributed by atoms with E-state index in [0.717, 1.165) is 24.8 Å². The molecule has 2 aromatic rings. The number of piperidine rings is 1. The largest absolute Gasteiger partial charge is 0.343 e. The lowest BCUT2D eigenvalue weighted by atomic mass is 9.91. The van der Waals surface area contributed by atoms with Crippen LogP contribution in [0, 0.1) is 11.7 Å². The maximum atomic E-state index is 13.2. The maximum Gasteiger partial charge on any atom is 0.319 e. The van der Waals surface area contributed by atoms with E-state index in [1.54, 1.807) is 41.3 Å². The number of likely N-dealkylation sites (tertiary alicyclic amines) is 1. The van der Waals surface area contributed by atoms with E-state index in [1.165, 1.54) is 26.0 Å². The van der Waals surface area contributed by atoms with Gasteiger partial charge >= 0.3 is 6.03 Å². The summed E-state index contributed by atoms with van der Waals surface area (Å²) >= 11 is 0. The summed E-state index contributed by atoms with van der Waals surface area (Å²) in [7, 11) is 0. The molecule has 2 aromatic carbocycles. The Morgan fingerprint density at radius 1 is 1.09 bits per heavy atom. The molecule has 0 aliphatic carbocycles. The number of ketones is 1. The Balaban J connectivity index is 1.58. The molecule has 1 aliphatic heterocycles. The molecule has 8 nitrogen and oxygen atoms in total. The van der Waals surface area contributed by atoms with Crippen LogP contribution in [-0.4, -0.2) is 54.2 Å². The van der Waals surface area contributed by atoms with Crippen molar-refractivity contribution in [3.05, 3.63) is 65.5 Å². The minimum Gasteiger partial charge on any atom is -0.343 e. The minimum absolute atomic E-state index is 0.0875. The molecule has 9 heteroatoms. The zero-order valence-corrected chi connectivity index (χ0v) is 20.0. The molecule has 1 aliphatic rings. The second kappa shape index (κ2) is 12.1. The molecule has 35 heavy (non-hydrogen) atoms. The number of carbonyl (C=O) groups excluding carboxylic acids is 4. The number of carbonyl (C=O) groups is 4. The second-order valence-electron chi connectivity index (χ2n) is 8.85. The van der Waals surface area contributed by atoms with Crippen molar-refractivity contribution in [2.45, 2.75) is 39.2 Å². The highest BCUT2D eigenvalue weighted by molar-refractivity contribution is 5.97. The SMILES string of the molecule is CC(=O)N[C@@H](CNC(=O)Nc1cccc(C(C)=O)c1)C(=O)N1CCC[C@@H](Cc2ccc(F)cc2)C1. The Labute approximate surface area is 204 Å². The highest BCUT2D eigenvalue weighted by atomic mass is 19.1. The van der Waals surface area contributed by atoms with E-state index < -0.39 is 12.1 Å². The standard InChI is InChI=1S/C26H31FN4O4/c1-17(32)21-6-3-7-23(14-21)30-26(35)28-15-24(29-18(2)33)25(34)31-12-4-5-20(16-31)13-19-8-10-22(27)11-9-19/h3,6-11,14,20,24H,4-5,12-13,15-16H2,1-2H3,(H,29,33)(H2,28,30,35)/t20-,24-/m0/s1. The van der Waals surface area contributed by atoms with E-state index in [0.29, 0.717) is 24.3 Å². The third-order valence-electron chi connectivity index (χ3n) is 5.94. The molecule has 2 atom stereocenters. The van der Waals surface area contributed by atoms with Gasteiger partial charge in [0.05, 0.1) is 0 Å². The Hall–Kier alpha value is -3.75. The van der Waals surface area contributed by atoms with Gasteiger partial charge in [-0.1, -0.05) is 24.3 Å². The van der Waals surface area contributed by atoms with Crippen LogP contribution >= 0.6 is 0 Å². The molecule has 0 radical (unpaired) electrons. The first kappa shape index (κ1) is 25.9. The quantitative estimate of drug-likeness (QED) is 0.503. The number of nitrogens with zero attached hydrogens (tertiary/aromatic N) is 1. The first-order valence-corrected chi connectivity index (χ1v) is 11.7. The first-order chi connectivity index (χ1) is 16.7. The van der Waals surface area contributed by atoms with Gasteiger partial charge in [-0.15, -0.1) is 0 Å². The summed E-state index contributed by atoms with van der Waals surface area (Å²) in [5.41, 5.74) is 1.92. The third-order valence-corrected chi connectivity index (χ3v) is 5.94. The molecule has 0 unspecified atom stereocenters. The molecule has 0 aromatic heterocycles. The number of rotatable bonds is 8. The number of urea groups is 1. The van der Waals surface area contributed by atoms with Crippen LogP contribution in [0.4, 0.5) is 14.9 Å². The van der Waals surface area contributed by atoms with Crippen molar-refractivity contribution in [3.8, 4) is 0 Å². The van der Waals surface area contributed by atoms with Crippen LogP contribution in [0.2, 0.25) is 0 Å². The van der Waals surface area contributed by atoms with Crippen molar-refractivity contribution in [1.29, 1.82) is 0 Å². The summed E-state index contributed by atoms with van der Waals surface area (Å²) in [6.07, 6.45) is 2.51. The van der Waals surface area contributed by atoms with Crippen LogP contribution in [0.3, 0.4) is 0 Å². The maximum absolute atomic E-state index is 13.2. The van der Waals surface area contributed by atoms with Crippen LogP contribution < -0.4 is 16.0 Å². The second-order valence-corrected chi connectivity index (χ2v) is 8.85. The molecule has 1 saturated heterocycles. The van der Waals surface area contributed by atoms with Gasteiger partial charge in [0, 0.05) is 37.8 Å². The van der Waals surface area contributed by atoms with Crippen molar-refractivity contribution in [2.75, 3.05) is 25.0 Å². The van der Waals surface area contributed by atoms with Crippen LogP contribution in [0.25, 0.3) is 0 Å². The van der Waals surface area contributed by atoms with Crippen molar-refractivity contribution in [3.63, 3.8) is 0 Å². The van der Waals surface area contributed by atoms with Gasteiger partial charge in [-0.2, -0.15) is 0 Å². The van der Waals surface area contributed by atoms with Crippen molar-refractivity contribution in [2.24, 2.45) is 5.92 Å². The summed E-state index contributed by atoms with van der Waals surface area (Å²) in [5, 5.41) is 7.90. The summed E-state index contributed by atoms with van der Waals surface area (Å²) in [6, 6.07) is 11.4. The Kier molecular flexibility index (Phi) is 8.94. The number of Topliss-reactive ketones (excluding diaryl/α,β-unsaturated/α-hetero) is 1. The topological polar surface area (TPSA) is 108 Å². The lowest BCUT2D eigenvalue weighted by Crippen LogP contribution is -2.55.